The Morgan fingerprint density at radius 1 is 1.27 bits per heavy atom. The number of aliphatic carboxylic acids is 1. The lowest BCUT2D eigenvalue weighted by Gasteiger charge is -2.22. The number of nitrogens with one attached hydrogen (secondary N) is 1. The Bertz CT molecular complexity index is 479. The van der Waals surface area contributed by atoms with Crippen LogP contribution in [-0.4, -0.2) is 35.6 Å². The molecule has 2 rings (SSSR count). The number of fused-ring (bicyclic) bond motifs is 1. The third kappa shape index (κ3) is 5.00. The molecule has 5 heteroatoms. The van der Waals surface area contributed by atoms with Crippen molar-refractivity contribution < 1.29 is 14.7 Å². The van der Waals surface area contributed by atoms with Gasteiger partial charge in [0.1, 0.15) is 0 Å². The summed E-state index contributed by atoms with van der Waals surface area (Å²) in [5, 5.41) is 8.84. The first-order chi connectivity index (χ1) is 10.7. The van der Waals surface area contributed by atoms with Gasteiger partial charge in [-0.05, 0) is 38.4 Å². The molecule has 0 radical (unpaired) electrons. The molecule has 0 aliphatic carbocycles. The van der Waals surface area contributed by atoms with Gasteiger partial charge in [-0.3, -0.25) is 4.79 Å². The van der Waals surface area contributed by atoms with Crippen molar-refractivity contribution in [2.24, 2.45) is 0 Å². The highest BCUT2D eigenvalue weighted by atomic mass is 16.7. The van der Waals surface area contributed by atoms with Crippen molar-refractivity contribution in [2.75, 3.05) is 19.6 Å². The molecule has 0 saturated carbocycles. The minimum absolute atomic E-state index is 0.220. The van der Waals surface area contributed by atoms with Crippen molar-refractivity contribution in [3.05, 3.63) is 29.8 Å². The van der Waals surface area contributed by atoms with Crippen LogP contribution in [0.25, 0.3) is 0 Å². The van der Waals surface area contributed by atoms with Gasteiger partial charge in [0.05, 0.1) is 12.5 Å². The van der Waals surface area contributed by atoms with Gasteiger partial charge in [-0.25, -0.2) is 0 Å². The van der Waals surface area contributed by atoms with Crippen LogP contribution in [0, 0.1) is 0 Å². The van der Waals surface area contributed by atoms with E-state index in [0.29, 0.717) is 6.54 Å². The first kappa shape index (κ1) is 16.8. The van der Waals surface area contributed by atoms with Gasteiger partial charge in [-0.1, -0.05) is 31.5 Å². The number of hydroxylamine groups is 1. The average Bonchev–Trinajstić information content (AvgIpc) is 2.92. The molecular formula is C17H26N2O3. The smallest absolute Gasteiger partial charge is 0.304 e. The first-order valence-electron chi connectivity index (χ1n) is 8.16. The molecule has 1 unspecified atom stereocenters. The summed E-state index contributed by atoms with van der Waals surface area (Å²) in [5.74, 6) is 0.197. The van der Waals surface area contributed by atoms with Gasteiger partial charge in [0.25, 0.3) is 0 Å². The zero-order valence-electron chi connectivity index (χ0n) is 13.3. The van der Waals surface area contributed by atoms with Crippen LogP contribution >= 0.6 is 0 Å². The lowest BCUT2D eigenvalue weighted by molar-refractivity contribution is -0.137. The predicted octanol–water partition coefficient (Wildman–Crippen LogP) is 2.98. The number of carboxylic acids is 1. The highest BCUT2D eigenvalue weighted by Crippen LogP contribution is 2.32. The van der Waals surface area contributed by atoms with Gasteiger partial charge in [0.2, 0.25) is 0 Å². The van der Waals surface area contributed by atoms with E-state index in [2.05, 4.69) is 23.4 Å². The Labute approximate surface area is 132 Å². The van der Waals surface area contributed by atoms with E-state index in [1.165, 1.54) is 5.56 Å². The van der Waals surface area contributed by atoms with E-state index in [4.69, 9.17) is 9.94 Å². The van der Waals surface area contributed by atoms with Gasteiger partial charge in [-0.2, -0.15) is 0 Å². The number of carboxylic acid groups (broad SMARTS) is 1. The lowest BCUT2D eigenvalue weighted by atomic mass is 10.0. The van der Waals surface area contributed by atoms with Crippen LogP contribution in [0.3, 0.4) is 0 Å². The summed E-state index contributed by atoms with van der Waals surface area (Å²) in [6.07, 6.45) is 4.49. The fourth-order valence-corrected chi connectivity index (χ4v) is 2.76. The molecule has 0 saturated heterocycles. The van der Waals surface area contributed by atoms with E-state index in [9.17, 15) is 4.79 Å². The fourth-order valence-electron chi connectivity index (χ4n) is 2.76. The summed E-state index contributed by atoms with van der Waals surface area (Å²) in [4.78, 5) is 18.5. The van der Waals surface area contributed by atoms with E-state index in [1.54, 1.807) is 0 Å². The molecule has 1 aliphatic heterocycles. The maximum Gasteiger partial charge on any atom is 0.304 e. The highest BCUT2D eigenvalue weighted by Gasteiger charge is 2.23. The van der Waals surface area contributed by atoms with Gasteiger partial charge < -0.3 is 14.8 Å². The van der Waals surface area contributed by atoms with E-state index in [1.807, 2.05) is 18.2 Å². The summed E-state index contributed by atoms with van der Waals surface area (Å²) in [6.45, 7) is 4.72. The second-order valence-corrected chi connectivity index (χ2v) is 5.79. The normalized spacial score (nSPS) is 16.5. The molecule has 1 aliphatic rings. The molecule has 1 aromatic carbocycles. The molecule has 0 aromatic heterocycles. The number of hydrogen-bond donors (Lipinski definition) is 2. The molecular weight excluding hydrogens is 280 g/mol. The fraction of sp³-hybridized carbons (Fsp3) is 0.588. The van der Waals surface area contributed by atoms with Crippen molar-refractivity contribution in [3.63, 3.8) is 0 Å². The zero-order valence-corrected chi connectivity index (χ0v) is 13.3. The van der Waals surface area contributed by atoms with Crippen LogP contribution in [0.2, 0.25) is 0 Å². The van der Waals surface area contributed by atoms with E-state index >= 15 is 0 Å². The number of unbranched alkanes of at least 4 members (excludes halogenated alkanes) is 1. The maximum atomic E-state index is 10.7. The van der Waals surface area contributed by atoms with Crippen molar-refractivity contribution >= 4 is 5.97 Å². The second kappa shape index (κ2) is 8.76. The van der Waals surface area contributed by atoms with Gasteiger partial charge in [0, 0.05) is 12.1 Å². The predicted molar refractivity (Wildman–Crippen MR) is 85.8 cm³/mol. The molecule has 1 heterocycles. The standard InChI is InChI=1S/C17H26N2O3/c1-2-3-11-19(13-10-17(20)21)12-6-8-15-14-7-4-5-9-16(14)22-18-15/h4-5,7,9,15,18H,2-3,6,8,10-13H2,1H3,(H,20,21). The number of benzene rings is 1. The van der Waals surface area contributed by atoms with Crippen molar-refractivity contribution in [2.45, 2.75) is 45.1 Å². The quantitative estimate of drug-likeness (QED) is 0.696. The van der Waals surface area contributed by atoms with E-state index in [0.717, 1.165) is 44.5 Å². The van der Waals surface area contributed by atoms with Crippen LogP contribution < -0.4 is 10.3 Å². The third-order valence-corrected chi connectivity index (χ3v) is 4.04. The summed E-state index contributed by atoms with van der Waals surface area (Å²) in [7, 11) is 0. The van der Waals surface area contributed by atoms with Crippen LogP contribution in [0.5, 0.6) is 5.75 Å². The molecule has 0 bridgehead atoms. The summed E-state index contributed by atoms with van der Waals surface area (Å²) in [6, 6.07) is 8.31. The maximum absolute atomic E-state index is 10.7. The molecule has 0 amide bonds. The molecule has 2 N–H and O–H groups in total. The summed E-state index contributed by atoms with van der Waals surface area (Å²) >= 11 is 0. The largest absolute Gasteiger partial charge is 0.481 e. The number of carbonyl (C=O) groups is 1. The van der Waals surface area contributed by atoms with Crippen molar-refractivity contribution in [1.29, 1.82) is 0 Å². The van der Waals surface area contributed by atoms with E-state index < -0.39 is 5.97 Å². The molecule has 5 nitrogen and oxygen atoms in total. The molecule has 1 atom stereocenters. The minimum Gasteiger partial charge on any atom is -0.481 e. The minimum atomic E-state index is -0.721. The second-order valence-electron chi connectivity index (χ2n) is 5.79. The Morgan fingerprint density at radius 3 is 2.82 bits per heavy atom. The topological polar surface area (TPSA) is 61.8 Å². The molecule has 0 spiro atoms. The van der Waals surface area contributed by atoms with Crippen molar-refractivity contribution in [1.82, 2.24) is 10.4 Å². The Balaban J connectivity index is 1.76. The average molecular weight is 306 g/mol. The number of nitrogens with zero attached hydrogens (tertiary/aromatic N) is 1. The van der Waals surface area contributed by atoms with Crippen LogP contribution in [0.4, 0.5) is 0 Å². The number of para-hydroxylation sites is 1. The monoisotopic (exact) mass is 306 g/mol. The van der Waals surface area contributed by atoms with Crippen molar-refractivity contribution in [3.8, 4) is 5.75 Å². The third-order valence-electron chi connectivity index (χ3n) is 4.04. The van der Waals surface area contributed by atoms with Crippen LogP contribution in [0.1, 0.15) is 50.6 Å². The van der Waals surface area contributed by atoms with Crippen LogP contribution in [-0.2, 0) is 4.79 Å². The molecule has 0 fully saturated rings. The Kier molecular flexibility index (Phi) is 6.68. The van der Waals surface area contributed by atoms with Gasteiger partial charge >= 0.3 is 5.97 Å². The van der Waals surface area contributed by atoms with E-state index in [-0.39, 0.29) is 12.5 Å². The summed E-state index contributed by atoms with van der Waals surface area (Å²) < 4.78 is 0. The molecule has 22 heavy (non-hydrogen) atoms. The lowest BCUT2D eigenvalue weighted by Crippen LogP contribution is -2.29. The SMILES string of the molecule is CCCCN(CCCC1NOc2ccccc21)CCC(=O)O. The Hall–Kier alpha value is -1.59. The Morgan fingerprint density at radius 2 is 2.05 bits per heavy atom. The summed E-state index contributed by atoms with van der Waals surface area (Å²) in [5.41, 5.74) is 4.29. The number of rotatable bonds is 10. The zero-order chi connectivity index (χ0) is 15.8. The van der Waals surface area contributed by atoms with Gasteiger partial charge in [0.15, 0.2) is 5.75 Å². The number of hydrogen-bond acceptors (Lipinski definition) is 4. The first-order valence-corrected chi connectivity index (χ1v) is 8.16. The molecule has 122 valence electrons. The highest BCUT2D eigenvalue weighted by molar-refractivity contribution is 5.66. The van der Waals surface area contributed by atoms with Crippen LogP contribution in [0.15, 0.2) is 24.3 Å². The van der Waals surface area contributed by atoms with Gasteiger partial charge in [-0.15, -0.1) is 5.48 Å². The molecule has 1 aromatic rings.